The Kier molecular flexibility index (Phi) is 3.59. The molecule has 6 heteroatoms. The van der Waals surface area contributed by atoms with Gasteiger partial charge in [-0.15, -0.1) is 0 Å². The second kappa shape index (κ2) is 5.17. The first-order valence-electron chi connectivity index (χ1n) is 6.03. The van der Waals surface area contributed by atoms with E-state index in [1.807, 2.05) is 0 Å². The molecular weight excluding hydrogens is 250 g/mol. The number of carbonyl (C=O) groups excluding carboxylic acids is 1. The minimum Gasteiger partial charge on any atom is -0.504 e. The summed E-state index contributed by atoms with van der Waals surface area (Å²) < 4.78 is 0. The summed E-state index contributed by atoms with van der Waals surface area (Å²) in [5, 5.41) is 28.0. The molecule has 102 valence electrons. The molecule has 1 heterocycles. The number of likely N-dealkylation sites (tertiary alicyclic amines) is 1. The van der Waals surface area contributed by atoms with Gasteiger partial charge in [0.1, 0.15) is 0 Å². The van der Waals surface area contributed by atoms with Crippen LogP contribution in [0.5, 0.6) is 11.5 Å². The van der Waals surface area contributed by atoms with Crippen LogP contribution in [0.15, 0.2) is 18.2 Å². The number of aliphatic carboxylic acids is 1. The van der Waals surface area contributed by atoms with Crippen LogP contribution >= 0.6 is 0 Å². The van der Waals surface area contributed by atoms with Crippen molar-refractivity contribution in [2.75, 3.05) is 13.1 Å². The van der Waals surface area contributed by atoms with Gasteiger partial charge in [0.25, 0.3) is 5.91 Å². The van der Waals surface area contributed by atoms with E-state index in [0.29, 0.717) is 19.4 Å². The fourth-order valence-corrected chi connectivity index (χ4v) is 2.24. The van der Waals surface area contributed by atoms with Gasteiger partial charge in [0.05, 0.1) is 11.5 Å². The number of amides is 1. The summed E-state index contributed by atoms with van der Waals surface area (Å²) in [5.41, 5.74) is -0.00830. The summed E-state index contributed by atoms with van der Waals surface area (Å²) >= 11 is 0. The zero-order valence-electron chi connectivity index (χ0n) is 10.2. The predicted molar refractivity (Wildman–Crippen MR) is 66.0 cm³/mol. The summed E-state index contributed by atoms with van der Waals surface area (Å²) in [7, 11) is 0. The number of carboxylic acids is 1. The van der Waals surface area contributed by atoms with Crippen molar-refractivity contribution >= 4 is 11.9 Å². The molecule has 19 heavy (non-hydrogen) atoms. The Bertz CT molecular complexity index is 514. The van der Waals surface area contributed by atoms with Crippen LogP contribution in [0, 0.1) is 5.92 Å². The van der Waals surface area contributed by atoms with Gasteiger partial charge >= 0.3 is 5.97 Å². The second-order valence-corrected chi connectivity index (χ2v) is 4.60. The van der Waals surface area contributed by atoms with Crippen LogP contribution in [-0.2, 0) is 4.79 Å². The maximum absolute atomic E-state index is 12.2. The van der Waals surface area contributed by atoms with Gasteiger partial charge in [0, 0.05) is 13.1 Å². The molecule has 0 radical (unpaired) electrons. The minimum atomic E-state index is -0.919. The normalized spacial score (nSPS) is 19.2. The Balaban J connectivity index is 2.19. The quantitative estimate of drug-likeness (QED) is 0.694. The first-order valence-corrected chi connectivity index (χ1v) is 6.03. The average molecular weight is 265 g/mol. The minimum absolute atomic E-state index is 0.00830. The highest BCUT2D eigenvalue weighted by Crippen LogP contribution is 2.30. The number of carboxylic acid groups (broad SMARTS) is 1. The smallest absolute Gasteiger partial charge is 0.308 e. The molecule has 0 aromatic heterocycles. The number of hydrogen-bond acceptors (Lipinski definition) is 4. The molecule has 1 aromatic rings. The van der Waals surface area contributed by atoms with Crippen LogP contribution in [-0.4, -0.2) is 45.2 Å². The van der Waals surface area contributed by atoms with Gasteiger partial charge < -0.3 is 20.2 Å². The molecule has 1 aliphatic heterocycles. The summed E-state index contributed by atoms with van der Waals surface area (Å²) in [6.07, 6.45) is 1.16. The first-order chi connectivity index (χ1) is 9.00. The highest BCUT2D eigenvalue weighted by atomic mass is 16.4. The van der Waals surface area contributed by atoms with Crippen LogP contribution in [0.25, 0.3) is 0 Å². The van der Waals surface area contributed by atoms with Crippen molar-refractivity contribution in [2.24, 2.45) is 5.92 Å². The monoisotopic (exact) mass is 265 g/mol. The van der Waals surface area contributed by atoms with Crippen molar-refractivity contribution in [3.8, 4) is 11.5 Å². The molecule has 0 spiro atoms. The molecule has 1 atom stereocenters. The zero-order valence-corrected chi connectivity index (χ0v) is 10.2. The van der Waals surface area contributed by atoms with Crippen molar-refractivity contribution < 1.29 is 24.9 Å². The lowest BCUT2D eigenvalue weighted by Crippen LogP contribution is -2.42. The van der Waals surface area contributed by atoms with E-state index in [4.69, 9.17) is 5.11 Å². The molecule has 1 aliphatic rings. The van der Waals surface area contributed by atoms with Crippen molar-refractivity contribution in [3.63, 3.8) is 0 Å². The molecule has 0 saturated carbocycles. The highest BCUT2D eigenvalue weighted by molar-refractivity contribution is 5.97. The lowest BCUT2D eigenvalue weighted by molar-refractivity contribution is -0.143. The third-order valence-electron chi connectivity index (χ3n) is 3.30. The molecule has 1 aromatic carbocycles. The van der Waals surface area contributed by atoms with E-state index in [1.165, 1.54) is 23.1 Å². The molecule has 0 unspecified atom stereocenters. The number of phenolic OH excluding ortho intramolecular Hbond substituents is 2. The standard InChI is InChI=1S/C13H15NO5/c15-10-5-1-4-9(11(10)16)12(17)14-6-2-3-8(7-14)13(18)19/h1,4-5,8,15-16H,2-3,6-7H2,(H,18,19)/t8-/m0/s1. The molecule has 1 saturated heterocycles. The van der Waals surface area contributed by atoms with Gasteiger partial charge in [-0.3, -0.25) is 9.59 Å². The lowest BCUT2D eigenvalue weighted by atomic mass is 9.97. The number of hydrogen-bond donors (Lipinski definition) is 3. The third-order valence-corrected chi connectivity index (χ3v) is 3.30. The summed E-state index contributed by atoms with van der Waals surface area (Å²) in [6, 6.07) is 4.14. The average Bonchev–Trinajstić information content (AvgIpc) is 2.41. The van der Waals surface area contributed by atoms with Gasteiger partial charge in [-0.2, -0.15) is 0 Å². The third kappa shape index (κ3) is 2.62. The Morgan fingerprint density at radius 3 is 2.68 bits per heavy atom. The van der Waals surface area contributed by atoms with E-state index in [1.54, 1.807) is 0 Å². The largest absolute Gasteiger partial charge is 0.504 e. The summed E-state index contributed by atoms with van der Waals surface area (Å²) in [6.45, 7) is 0.584. The Hall–Kier alpha value is -2.24. The van der Waals surface area contributed by atoms with E-state index in [2.05, 4.69) is 0 Å². The van der Waals surface area contributed by atoms with Gasteiger partial charge in [-0.1, -0.05) is 6.07 Å². The Morgan fingerprint density at radius 2 is 2.00 bits per heavy atom. The Labute approximate surface area is 109 Å². The van der Waals surface area contributed by atoms with E-state index < -0.39 is 23.5 Å². The number of piperidine rings is 1. The second-order valence-electron chi connectivity index (χ2n) is 4.60. The number of phenols is 2. The van der Waals surface area contributed by atoms with E-state index in [0.717, 1.165) is 0 Å². The number of aromatic hydroxyl groups is 2. The molecule has 0 bridgehead atoms. The fraction of sp³-hybridized carbons (Fsp3) is 0.385. The molecule has 1 fully saturated rings. The van der Waals surface area contributed by atoms with Crippen LogP contribution in [0.1, 0.15) is 23.2 Å². The lowest BCUT2D eigenvalue weighted by Gasteiger charge is -2.30. The number of nitrogens with zero attached hydrogens (tertiary/aromatic N) is 1. The summed E-state index contributed by atoms with van der Waals surface area (Å²) in [5.74, 6) is -2.78. The van der Waals surface area contributed by atoms with Gasteiger partial charge in [0.15, 0.2) is 11.5 Å². The maximum Gasteiger partial charge on any atom is 0.308 e. The molecule has 2 rings (SSSR count). The highest BCUT2D eigenvalue weighted by Gasteiger charge is 2.29. The predicted octanol–water partition coefficient (Wildman–Crippen LogP) is 1.03. The summed E-state index contributed by atoms with van der Waals surface area (Å²) in [4.78, 5) is 24.6. The number of para-hydroxylation sites is 1. The molecular formula is C13H15NO5. The van der Waals surface area contributed by atoms with E-state index in [-0.39, 0.29) is 17.9 Å². The topological polar surface area (TPSA) is 98.1 Å². The molecule has 3 N–H and O–H groups in total. The molecule has 1 amide bonds. The first kappa shape index (κ1) is 13.2. The SMILES string of the molecule is O=C(O)[C@H]1CCCN(C(=O)c2cccc(O)c2O)C1. The van der Waals surface area contributed by atoms with E-state index in [9.17, 15) is 19.8 Å². The van der Waals surface area contributed by atoms with E-state index >= 15 is 0 Å². The number of carbonyl (C=O) groups is 2. The van der Waals surface area contributed by atoms with Crippen LogP contribution in [0.2, 0.25) is 0 Å². The van der Waals surface area contributed by atoms with Gasteiger partial charge in [0.2, 0.25) is 0 Å². The zero-order chi connectivity index (χ0) is 14.0. The van der Waals surface area contributed by atoms with Gasteiger partial charge in [-0.25, -0.2) is 0 Å². The molecule has 6 nitrogen and oxygen atoms in total. The Morgan fingerprint density at radius 1 is 1.26 bits per heavy atom. The van der Waals surface area contributed by atoms with Crippen molar-refractivity contribution in [3.05, 3.63) is 23.8 Å². The molecule has 0 aliphatic carbocycles. The number of rotatable bonds is 2. The number of benzene rings is 1. The van der Waals surface area contributed by atoms with Crippen molar-refractivity contribution in [1.82, 2.24) is 4.90 Å². The van der Waals surface area contributed by atoms with Crippen molar-refractivity contribution in [1.29, 1.82) is 0 Å². The van der Waals surface area contributed by atoms with Crippen molar-refractivity contribution in [2.45, 2.75) is 12.8 Å². The maximum atomic E-state index is 12.2. The van der Waals surface area contributed by atoms with Crippen LogP contribution in [0.3, 0.4) is 0 Å². The van der Waals surface area contributed by atoms with Crippen LogP contribution in [0.4, 0.5) is 0 Å². The van der Waals surface area contributed by atoms with Crippen LogP contribution < -0.4 is 0 Å². The van der Waals surface area contributed by atoms with Gasteiger partial charge in [-0.05, 0) is 25.0 Å². The fourth-order valence-electron chi connectivity index (χ4n) is 2.24.